The Labute approximate surface area is 136 Å². The van der Waals surface area contributed by atoms with E-state index in [4.69, 9.17) is 0 Å². The van der Waals surface area contributed by atoms with Crippen LogP contribution >= 0.6 is 0 Å². The van der Waals surface area contributed by atoms with E-state index in [2.05, 4.69) is 34.9 Å². The van der Waals surface area contributed by atoms with E-state index < -0.39 is 0 Å². The van der Waals surface area contributed by atoms with Gasteiger partial charge in [-0.2, -0.15) is 0 Å². The predicted octanol–water partition coefficient (Wildman–Crippen LogP) is 3.99. The molecule has 23 heavy (non-hydrogen) atoms. The molecular weight excluding hydrogens is 284 g/mol. The quantitative estimate of drug-likeness (QED) is 0.700. The van der Waals surface area contributed by atoms with Crippen LogP contribution in [0, 0.1) is 6.92 Å². The fourth-order valence-corrected chi connectivity index (χ4v) is 2.64. The summed E-state index contributed by atoms with van der Waals surface area (Å²) >= 11 is 0. The van der Waals surface area contributed by atoms with E-state index in [9.17, 15) is 4.79 Å². The zero-order chi connectivity index (χ0) is 16.1. The number of hydrogen-bond donors (Lipinski definition) is 2. The van der Waals surface area contributed by atoms with Crippen LogP contribution in [-0.4, -0.2) is 19.0 Å². The number of rotatable bonds is 5. The van der Waals surface area contributed by atoms with Crippen molar-refractivity contribution in [3.8, 4) is 0 Å². The van der Waals surface area contributed by atoms with Gasteiger partial charge in [0.1, 0.15) is 0 Å². The summed E-state index contributed by atoms with van der Waals surface area (Å²) in [4.78, 5) is 12.1. The number of carbonyl (C=O) groups excluding carboxylic acids is 1. The zero-order valence-electron chi connectivity index (χ0n) is 13.2. The van der Waals surface area contributed by atoms with Crippen molar-refractivity contribution in [1.29, 1.82) is 0 Å². The van der Waals surface area contributed by atoms with Crippen LogP contribution in [0.3, 0.4) is 0 Å². The topological polar surface area (TPSA) is 41.1 Å². The molecule has 1 amide bonds. The molecule has 0 saturated carbocycles. The normalized spacial score (nSPS) is 10.5. The molecule has 0 unspecified atom stereocenters. The van der Waals surface area contributed by atoms with Crippen molar-refractivity contribution in [1.82, 2.24) is 5.32 Å². The van der Waals surface area contributed by atoms with Gasteiger partial charge in [-0.3, -0.25) is 4.79 Å². The van der Waals surface area contributed by atoms with Crippen molar-refractivity contribution in [2.45, 2.75) is 6.92 Å². The fourth-order valence-electron chi connectivity index (χ4n) is 2.64. The summed E-state index contributed by atoms with van der Waals surface area (Å²) in [5, 5.41) is 8.74. The van der Waals surface area contributed by atoms with Gasteiger partial charge in [-0.25, -0.2) is 0 Å². The van der Waals surface area contributed by atoms with Crippen LogP contribution in [0.25, 0.3) is 10.8 Å². The van der Waals surface area contributed by atoms with Crippen molar-refractivity contribution in [3.63, 3.8) is 0 Å². The summed E-state index contributed by atoms with van der Waals surface area (Å²) in [6.45, 7) is 3.25. The third-order valence-corrected chi connectivity index (χ3v) is 3.80. The zero-order valence-corrected chi connectivity index (χ0v) is 13.2. The first kappa shape index (κ1) is 15.1. The number of benzene rings is 3. The van der Waals surface area contributed by atoms with Crippen LogP contribution in [0.1, 0.15) is 15.9 Å². The van der Waals surface area contributed by atoms with E-state index in [0.29, 0.717) is 18.7 Å². The van der Waals surface area contributed by atoms with E-state index in [1.54, 1.807) is 0 Å². The molecule has 0 radical (unpaired) electrons. The van der Waals surface area contributed by atoms with Gasteiger partial charge in [-0.1, -0.05) is 54.1 Å². The molecule has 0 spiro atoms. The van der Waals surface area contributed by atoms with Crippen LogP contribution in [0.2, 0.25) is 0 Å². The Hall–Kier alpha value is -2.81. The number of hydrogen-bond acceptors (Lipinski definition) is 2. The molecule has 0 aliphatic carbocycles. The molecule has 0 aromatic heterocycles. The minimum absolute atomic E-state index is 0.0339. The van der Waals surface area contributed by atoms with Crippen molar-refractivity contribution in [2.24, 2.45) is 0 Å². The monoisotopic (exact) mass is 304 g/mol. The van der Waals surface area contributed by atoms with Crippen LogP contribution in [0.15, 0.2) is 66.7 Å². The third-order valence-electron chi connectivity index (χ3n) is 3.80. The molecule has 0 bridgehead atoms. The lowest BCUT2D eigenvalue weighted by Crippen LogP contribution is -2.28. The van der Waals surface area contributed by atoms with Crippen LogP contribution < -0.4 is 10.6 Å². The second kappa shape index (κ2) is 6.97. The molecule has 3 nitrogen and oxygen atoms in total. The van der Waals surface area contributed by atoms with Crippen molar-refractivity contribution in [2.75, 3.05) is 18.4 Å². The highest BCUT2D eigenvalue weighted by atomic mass is 16.1. The molecule has 2 N–H and O–H groups in total. The Bertz CT molecular complexity index is 821. The molecule has 3 aromatic rings. The number of fused-ring (bicyclic) bond motifs is 1. The Morgan fingerprint density at radius 3 is 2.57 bits per heavy atom. The first-order valence-corrected chi connectivity index (χ1v) is 7.80. The smallest absolute Gasteiger partial charge is 0.251 e. The Kier molecular flexibility index (Phi) is 4.57. The van der Waals surface area contributed by atoms with Gasteiger partial charge in [-0.05, 0) is 30.5 Å². The van der Waals surface area contributed by atoms with Gasteiger partial charge in [-0.15, -0.1) is 0 Å². The molecule has 0 atom stereocenters. The first-order valence-electron chi connectivity index (χ1n) is 7.80. The maximum atomic E-state index is 12.1. The van der Waals surface area contributed by atoms with Gasteiger partial charge in [0, 0.05) is 29.7 Å². The minimum atomic E-state index is -0.0339. The number of nitrogens with one attached hydrogen (secondary N) is 2. The Balaban J connectivity index is 1.56. The lowest BCUT2D eigenvalue weighted by Gasteiger charge is -2.11. The predicted molar refractivity (Wildman–Crippen MR) is 95.9 cm³/mol. The lowest BCUT2D eigenvalue weighted by molar-refractivity contribution is 0.0955. The van der Waals surface area contributed by atoms with Gasteiger partial charge in [0.15, 0.2) is 0 Å². The average Bonchev–Trinajstić information content (AvgIpc) is 2.58. The van der Waals surface area contributed by atoms with Gasteiger partial charge in [0.2, 0.25) is 0 Å². The van der Waals surface area contributed by atoms with Crippen LogP contribution in [0.4, 0.5) is 5.69 Å². The van der Waals surface area contributed by atoms with Gasteiger partial charge < -0.3 is 10.6 Å². The summed E-state index contributed by atoms with van der Waals surface area (Å²) in [6.07, 6.45) is 0. The van der Waals surface area contributed by atoms with E-state index in [1.807, 2.05) is 49.4 Å². The molecule has 0 fully saturated rings. The van der Waals surface area contributed by atoms with E-state index in [1.165, 1.54) is 10.8 Å². The van der Waals surface area contributed by atoms with E-state index >= 15 is 0 Å². The Morgan fingerprint density at radius 1 is 0.913 bits per heavy atom. The lowest BCUT2D eigenvalue weighted by atomic mass is 10.1. The maximum absolute atomic E-state index is 12.1. The Morgan fingerprint density at radius 2 is 1.70 bits per heavy atom. The first-order chi connectivity index (χ1) is 11.2. The molecule has 0 aliphatic rings. The maximum Gasteiger partial charge on any atom is 0.251 e. The average molecular weight is 304 g/mol. The third kappa shape index (κ3) is 3.69. The van der Waals surface area contributed by atoms with Crippen molar-refractivity contribution >= 4 is 22.4 Å². The summed E-state index contributed by atoms with van der Waals surface area (Å²) < 4.78 is 0. The molecule has 3 aromatic carbocycles. The summed E-state index contributed by atoms with van der Waals surface area (Å²) in [6, 6.07) is 22.1. The molecule has 0 aliphatic heterocycles. The fraction of sp³-hybridized carbons (Fsp3) is 0.150. The molecule has 0 heterocycles. The molecule has 116 valence electrons. The molecular formula is C20H20N2O. The number of carbonyl (C=O) groups is 1. The number of aryl methyl sites for hydroxylation is 1. The number of anilines is 1. The minimum Gasteiger partial charge on any atom is -0.383 e. The van der Waals surface area contributed by atoms with Gasteiger partial charge >= 0.3 is 0 Å². The highest BCUT2D eigenvalue weighted by Crippen LogP contribution is 2.22. The highest BCUT2D eigenvalue weighted by Gasteiger charge is 2.04. The van der Waals surface area contributed by atoms with Crippen molar-refractivity contribution < 1.29 is 4.79 Å². The van der Waals surface area contributed by atoms with E-state index in [-0.39, 0.29) is 5.91 Å². The largest absolute Gasteiger partial charge is 0.383 e. The summed E-state index contributed by atoms with van der Waals surface area (Å²) in [5.74, 6) is -0.0339. The van der Waals surface area contributed by atoms with E-state index in [0.717, 1.165) is 11.3 Å². The molecule has 0 saturated heterocycles. The summed E-state index contributed by atoms with van der Waals surface area (Å²) in [5.41, 5.74) is 2.88. The summed E-state index contributed by atoms with van der Waals surface area (Å²) in [7, 11) is 0. The standard InChI is InChI=1S/C20H20N2O/c1-15-6-4-9-17(14-15)20(23)22-13-12-21-19-11-5-8-16-7-2-3-10-18(16)19/h2-11,14,21H,12-13H2,1H3,(H,22,23). The number of amides is 1. The SMILES string of the molecule is Cc1cccc(C(=O)NCCNc2cccc3ccccc23)c1. The van der Waals surface area contributed by atoms with Gasteiger partial charge in [0.05, 0.1) is 0 Å². The molecule has 3 rings (SSSR count). The van der Waals surface area contributed by atoms with Crippen LogP contribution in [-0.2, 0) is 0 Å². The highest BCUT2D eigenvalue weighted by molar-refractivity contribution is 5.95. The van der Waals surface area contributed by atoms with Crippen molar-refractivity contribution in [3.05, 3.63) is 77.9 Å². The molecule has 3 heteroatoms. The van der Waals surface area contributed by atoms with Crippen LogP contribution in [0.5, 0.6) is 0 Å². The second-order valence-corrected chi connectivity index (χ2v) is 5.58. The second-order valence-electron chi connectivity index (χ2n) is 5.58. The van der Waals surface area contributed by atoms with Gasteiger partial charge in [0.25, 0.3) is 5.91 Å².